The first-order valence-electron chi connectivity index (χ1n) is 9.68. The van der Waals surface area contributed by atoms with E-state index in [1.807, 2.05) is 0 Å². The number of aryl methyl sites for hydroxylation is 2. The van der Waals surface area contributed by atoms with Crippen molar-refractivity contribution in [2.24, 2.45) is 5.41 Å². The number of benzene rings is 2. The van der Waals surface area contributed by atoms with Crippen LogP contribution in [0.25, 0.3) is 16.9 Å². The number of ketones is 1. The number of hydrogen-bond acceptors (Lipinski definition) is 1. The van der Waals surface area contributed by atoms with E-state index in [1.165, 1.54) is 22.4 Å². The van der Waals surface area contributed by atoms with Crippen LogP contribution in [-0.2, 0) is 6.42 Å². The fraction of sp³-hybridized carbons (Fsp3) is 0.320. The molecule has 0 saturated carbocycles. The minimum Gasteiger partial charge on any atom is -0.313 e. The molecular formula is C25H27NO. The summed E-state index contributed by atoms with van der Waals surface area (Å²) in [6.45, 7) is 10.8. The van der Waals surface area contributed by atoms with Crippen molar-refractivity contribution < 1.29 is 4.79 Å². The summed E-state index contributed by atoms with van der Waals surface area (Å²) in [5.74, 6) is 0.263. The molecule has 0 aliphatic heterocycles. The molecule has 3 aromatic rings. The largest absolute Gasteiger partial charge is 0.313 e. The Balaban J connectivity index is 2.04. The summed E-state index contributed by atoms with van der Waals surface area (Å²) in [5, 5.41) is 0. The molecular weight excluding hydrogens is 330 g/mol. The third-order valence-electron chi connectivity index (χ3n) is 5.85. The average Bonchev–Trinajstić information content (AvgIpc) is 2.96. The van der Waals surface area contributed by atoms with Gasteiger partial charge in [0.2, 0.25) is 0 Å². The maximum Gasteiger partial charge on any atom is 0.165 e. The van der Waals surface area contributed by atoms with Gasteiger partial charge in [-0.15, -0.1) is 0 Å². The number of rotatable bonds is 2. The maximum absolute atomic E-state index is 12.9. The lowest BCUT2D eigenvalue weighted by Crippen LogP contribution is -2.28. The zero-order valence-corrected chi connectivity index (χ0v) is 16.9. The van der Waals surface area contributed by atoms with Crippen molar-refractivity contribution in [3.63, 3.8) is 0 Å². The molecule has 0 radical (unpaired) electrons. The van der Waals surface area contributed by atoms with E-state index in [-0.39, 0.29) is 11.2 Å². The highest BCUT2D eigenvalue weighted by molar-refractivity contribution is 6.00. The summed E-state index contributed by atoms with van der Waals surface area (Å²) in [6.07, 6.45) is 1.53. The Bertz CT molecular complexity index is 1030. The standard InChI is InChI=1S/C25H27NO/c1-16-9-11-19(12-10-16)22-13-20-23(14-25(4,5)15-24(20)27)26(22)21-8-6-7-17(2)18(21)3/h6-13H,14-15H2,1-5H3. The molecule has 2 nitrogen and oxygen atoms in total. The van der Waals surface area contributed by atoms with E-state index in [1.54, 1.807) is 0 Å². The molecule has 0 atom stereocenters. The molecule has 0 fully saturated rings. The van der Waals surface area contributed by atoms with Crippen molar-refractivity contribution in [2.75, 3.05) is 0 Å². The van der Waals surface area contributed by atoms with Crippen LogP contribution in [0.15, 0.2) is 48.5 Å². The van der Waals surface area contributed by atoms with Gasteiger partial charge in [0.05, 0.1) is 5.69 Å². The highest BCUT2D eigenvalue weighted by Gasteiger charge is 2.35. The van der Waals surface area contributed by atoms with Gasteiger partial charge < -0.3 is 4.57 Å². The first kappa shape index (κ1) is 17.8. The van der Waals surface area contributed by atoms with Crippen LogP contribution in [0.2, 0.25) is 0 Å². The zero-order chi connectivity index (χ0) is 19.3. The molecule has 0 bridgehead atoms. The van der Waals surface area contributed by atoms with Gasteiger partial charge in [0.25, 0.3) is 0 Å². The predicted octanol–water partition coefficient (Wildman–Crippen LogP) is 6.22. The summed E-state index contributed by atoms with van der Waals surface area (Å²) < 4.78 is 2.33. The van der Waals surface area contributed by atoms with Crippen LogP contribution in [0.5, 0.6) is 0 Å². The number of aromatic nitrogens is 1. The molecule has 2 heteroatoms. The lowest BCUT2D eigenvalue weighted by atomic mass is 9.76. The predicted molar refractivity (Wildman–Crippen MR) is 112 cm³/mol. The van der Waals surface area contributed by atoms with Gasteiger partial charge in [0.1, 0.15) is 0 Å². The summed E-state index contributed by atoms with van der Waals surface area (Å²) in [5.41, 5.74) is 9.25. The second-order valence-electron chi connectivity index (χ2n) is 8.75. The Morgan fingerprint density at radius 1 is 0.926 bits per heavy atom. The monoisotopic (exact) mass is 357 g/mol. The zero-order valence-electron chi connectivity index (χ0n) is 16.9. The van der Waals surface area contributed by atoms with E-state index in [2.05, 4.69) is 87.7 Å². The molecule has 1 aromatic heterocycles. The number of carbonyl (C=O) groups excluding carboxylic acids is 1. The SMILES string of the molecule is Cc1ccc(-c2cc3c(n2-c2cccc(C)c2C)CC(C)(C)CC3=O)cc1. The number of fused-ring (bicyclic) bond motifs is 1. The summed E-state index contributed by atoms with van der Waals surface area (Å²) >= 11 is 0. The van der Waals surface area contributed by atoms with Crippen LogP contribution in [0.3, 0.4) is 0 Å². The van der Waals surface area contributed by atoms with Gasteiger partial charge >= 0.3 is 0 Å². The lowest BCUT2D eigenvalue weighted by Gasteiger charge is -2.30. The topological polar surface area (TPSA) is 22.0 Å². The smallest absolute Gasteiger partial charge is 0.165 e. The van der Waals surface area contributed by atoms with Crippen molar-refractivity contribution in [1.82, 2.24) is 4.57 Å². The average molecular weight is 357 g/mol. The van der Waals surface area contributed by atoms with Crippen LogP contribution < -0.4 is 0 Å². The number of hydrogen-bond donors (Lipinski definition) is 0. The van der Waals surface area contributed by atoms with E-state index in [0.717, 1.165) is 28.9 Å². The van der Waals surface area contributed by atoms with Crippen molar-refractivity contribution in [1.29, 1.82) is 0 Å². The minimum atomic E-state index is -0.0114. The van der Waals surface area contributed by atoms with Gasteiger partial charge in [-0.1, -0.05) is 55.8 Å². The Morgan fingerprint density at radius 3 is 2.33 bits per heavy atom. The number of carbonyl (C=O) groups is 1. The fourth-order valence-electron chi connectivity index (χ4n) is 4.20. The first-order chi connectivity index (χ1) is 12.8. The Labute approximate surface area is 161 Å². The molecule has 2 aromatic carbocycles. The number of nitrogens with zero attached hydrogens (tertiary/aromatic N) is 1. The van der Waals surface area contributed by atoms with Crippen LogP contribution in [0.1, 0.15) is 53.0 Å². The van der Waals surface area contributed by atoms with Gasteiger partial charge in [-0.25, -0.2) is 0 Å². The lowest BCUT2D eigenvalue weighted by molar-refractivity contribution is 0.0911. The van der Waals surface area contributed by atoms with Gasteiger partial charge in [-0.05, 0) is 61.4 Å². The van der Waals surface area contributed by atoms with E-state index >= 15 is 0 Å². The van der Waals surface area contributed by atoms with E-state index in [4.69, 9.17) is 0 Å². The van der Waals surface area contributed by atoms with E-state index < -0.39 is 0 Å². The van der Waals surface area contributed by atoms with Crippen LogP contribution in [0.4, 0.5) is 0 Å². The van der Waals surface area contributed by atoms with Gasteiger partial charge in [0, 0.05) is 23.4 Å². The van der Waals surface area contributed by atoms with Crippen LogP contribution in [-0.4, -0.2) is 10.4 Å². The fourth-order valence-corrected chi connectivity index (χ4v) is 4.20. The second-order valence-corrected chi connectivity index (χ2v) is 8.75. The van der Waals surface area contributed by atoms with Crippen molar-refractivity contribution in [2.45, 2.75) is 47.5 Å². The second kappa shape index (κ2) is 6.23. The summed E-state index contributed by atoms with van der Waals surface area (Å²) in [7, 11) is 0. The molecule has 0 unspecified atom stereocenters. The molecule has 138 valence electrons. The molecule has 0 saturated heterocycles. The number of Topliss-reactive ketones (excluding diaryl/α,β-unsaturated/α-hetero) is 1. The third kappa shape index (κ3) is 3.03. The molecule has 1 heterocycles. The van der Waals surface area contributed by atoms with Crippen LogP contribution in [0, 0.1) is 26.2 Å². The van der Waals surface area contributed by atoms with Crippen molar-refractivity contribution >= 4 is 5.78 Å². The summed E-state index contributed by atoms with van der Waals surface area (Å²) in [6, 6.07) is 17.1. The molecule has 4 rings (SSSR count). The molecule has 0 amide bonds. The Kier molecular flexibility index (Phi) is 4.10. The quantitative estimate of drug-likeness (QED) is 0.533. The van der Waals surface area contributed by atoms with Crippen molar-refractivity contribution in [3.8, 4) is 16.9 Å². The van der Waals surface area contributed by atoms with Gasteiger partial charge in [0.15, 0.2) is 5.78 Å². The highest BCUT2D eigenvalue weighted by atomic mass is 16.1. The summed E-state index contributed by atoms with van der Waals surface area (Å²) in [4.78, 5) is 12.9. The van der Waals surface area contributed by atoms with Crippen LogP contribution >= 0.6 is 0 Å². The Morgan fingerprint density at radius 2 is 1.63 bits per heavy atom. The normalized spacial score (nSPS) is 15.7. The highest BCUT2D eigenvalue weighted by Crippen LogP contribution is 2.40. The van der Waals surface area contributed by atoms with E-state index in [0.29, 0.717) is 6.42 Å². The molecule has 1 aliphatic rings. The van der Waals surface area contributed by atoms with Gasteiger partial charge in [-0.3, -0.25) is 4.79 Å². The maximum atomic E-state index is 12.9. The Hall–Kier alpha value is -2.61. The first-order valence-corrected chi connectivity index (χ1v) is 9.68. The molecule has 1 aliphatic carbocycles. The molecule has 0 N–H and O–H groups in total. The molecule has 27 heavy (non-hydrogen) atoms. The van der Waals surface area contributed by atoms with Gasteiger partial charge in [-0.2, -0.15) is 0 Å². The minimum absolute atomic E-state index is 0.0114. The van der Waals surface area contributed by atoms with E-state index in [9.17, 15) is 4.79 Å². The van der Waals surface area contributed by atoms with Crippen molar-refractivity contribution in [3.05, 3.63) is 76.5 Å². The molecule has 0 spiro atoms. The third-order valence-corrected chi connectivity index (χ3v) is 5.85.